The number of anilines is 1. The van der Waals surface area contributed by atoms with Crippen LogP contribution in [-0.4, -0.2) is 46.0 Å². The number of para-hydroxylation sites is 2. The Hall–Kier alpha value is -3.96. The van der Waals surface area contributed by atoms with E-state index in [1.165, 1.54) is 6.07 Å². The molecule has 1 fully saturated rings. The Morgan fingerprint density at radius 1 is 1.24 bits per heavy atom. The highest BCUT2D eigenvalue weighted by Gasteiger charge is 2.32. The van der Waals surface area contributed by atoms with Crippen LogP contribution in [0.25, 0.3) is 16.7 Å². The molecule has 0 aliphatic carbocycles. The Bertz CT molecular complexity index is 1470. The van der Waals surface area contributed by atoms with Gasteiger partial charge >= 0.3 is 0 Å². The summed E-state index contributed by atoms with van der Waals surface area (Å²) in [7, 11) is 4.17. The molecule has 2 aromatic carbocycles. The minimum Gasteiger partial charge on any atom is -0.342 e. The zero-order chi connectivity index (χ0) is 24.0. The van der Waals surface area contributed by atoms with Gasteiger partial charge in [0.1, 0.15) is 11.9 Å². The molecule has 3 heterocycles. The van der Waals surface area contributed by atoms with E-state index in [4.69, 9.17) is 4.98 Å². The van der Waals surface area contributed by atoms with Crippen LogP contribution in [0.3, 0.4) is 0 Å². The van der Waals surface area contributed by atoms with E-state index in [0.717, 1.165) is 52.9 Å². The molecule has 0 bridgehead atoms. The van der Waals surface area contributed by atoms with Gasteiger partial charge in [-0.1, -0.05) is 24.3 Å². The van der Waals surface area contributed by atoms with Crippen LogP contribution in [0, 0.1) is 28.4 Å². The van der Waals surface area contributed by atoms with Crippen molar-refractivity contribution in [3.8, 4) is 6.07 Å². The first kappa shape index (κ1) is 21.9. The number of aromatic nitrogens is 2. The number of rotatable bonds is 5. The molecule has 0 amide bonds. The summed E-state index contributed by atoms with van der Waals surface area (Å²) in [5, 5.41) is 21.5. The monoisotopic (exact) mass is 454 g/mol. The van der Waals surface area contributed by atoms with Crippen molar-refractivity contribution in [2.24, 2.45) is 0 Å². The molecule has 0 radical (unpaired) electrons. The molecule has 4 aromatic rings. The summed E-state index contributed by atoms with van der Waals surface area (Å²) in [6, 6.07) is 17.1. The molecule has 5 rings (SSSR count). The van der Waals surface area contributed by atoms with Gasteiger partial charge in [-0.25, -0.2) is 4.98 Å². The normalized spacial score (nSPS) is 16.0. The van der Waals surface area contributed by atoms with Gasteiger partial charge in [0.25, 0.3) is 5.69 Å². The Labute approximate surface area is 197 Å². The lowest BCUT2D eigenvalue weighted by Crippen LogP contribution is -2.42. The quantitative estimate of drug-likeness (QED) is 0.322. The SMILES string of the molecule is Cc1c(Cc2cccc([N+](=O)[O-])c2)c(N2CCCC2N(C)C)n2c(nc3ccccc32)c1C#N. The molecule has 0 N–H and O–H groups in total. The number of hydrogen-bond donors (Lipinski definition) is 0. The number of nitro benzene ring substituents is 1. The summed E-state index contributed by atoms with van der Waals surface area (Å²) < 4.78 is 2.12. The fourth-order valence-electron chi connectivity index (χ4n) is 5.19. The van der Waals surface area contributed by atoms with Gasteiger partial charge in [0.05, 0.1) is 27.7 Å². The summed E-state index contributed by atoms with van der Waals surface area (Å²) in [6.07, 6.45) is 2.79. The van der Waals surface area contributed by atoms with E-state index >= 15 is 0 Å². The molecule has 172 valence electrons. The number of nitro groups is 1. The number of imidazole rings is 1. The summed E-state index contributed by atoms with van der Waals surface area (Å²) in [5.41, 5.74) is 5.77. The van der Waals surface area contributed by atoms with E-state index in [2.05, 4.69) is 34.4 Å². The maximum atomic E-state index is 11.4. The standard InChI is InChI=1S/C26H26N6O2/c1-17-20(15-18-8-6-9-19(14-18)32(33)34)26(30-13-7-12-24(30)29(2)3)31-23-11-5-4-10-22(23)28-25(31)21(17)16-27/h4-6,8-11,14,24H,7,12-13,15H2,1-3H3. The number of fused-ring (bicyclic) bond motifs is 3. The number of benzene rings is 2. The highest BCUT2D eigenvalue weighted by molar-refractivity contribution is 5.86. The highest BCUT2D eigenvalue weighted by atomic mass is 16.6. The van der Waals surface area contributed by atoms with Crippen molar-refractivity contribution in [1.29, 1.82) is 5.26 Å². The maximum Gasteiger partial charge on any atom is 0.269 e. The van der Waals surface area contributed by atoms with Gasteiger partial charge in [0.15, 0.2) is 5.65 Å². The van der Waals surface area contributed by atoms with Gasteiger partial charge in [0.2, 0.25) is 0 Å². The van der Waals surface area contributed by atoms with Crippen LogP contribution >= 0.6 is 0 Å². The van der Waals surface area contributed by atoms with Gasteiger partial charge in [-0.05, 0) is 57.1 Å². The molecule has 1 unspecified atom stereocenters. The third-order valence-corrected chi connectivity index (χ3v) is 6.80. The predicted molar refractivity (Wildman–Crippen MR) is 132 cm³/mol. The van der Waals surface area contributed by atoms with Crippen molar-refractivity contribution in [3.63, 3.8) is 0 Å². The molecule has 8 nitrogen and oxygen atoms in total. The van der Waals surface area contributed by atoms with E-state index in [1.54, 1.807) is 12.1 Å². The van der Waals surface area contributed by atoms with Crippen molar-refractivity contribution in [2.75, 3.05) is 25.5 Å². The van der Waals surface area contributed by atoms with Gasteiger partial charge in [-0.2, -0.15) is 5.26 Å². The first-order chi connectivity index (χ1) is 16.4. The minimum atomic E-state index is -0.368. The summed E-state index contributed by atoms with van der Waals surface area (Å²) in [4.78, 5) is 20.5. The average molecular weight is 455 g/mol. The molecule has 1 saturated heterocycles. The minimum absolute atomic E-state index is 0.0682. The van der Waals surface area contributed by atoms with Crippen LogP contribution in [-0.2, 0) is 6.42 Å². The molecule has 8 heteroatoms. The largest absolute Gasteiger partial charge is 0.342 e. The van der Waals surface area contributed by atoms with Gasteiger partial charge in [-0.3, -0.25) is 19.4 Å². The second-order valence-corrected chi connectivity index (χ2v) is 9.06. The third-order valence-electron chi connectivity index (χ3n) is 6.80. The van der Waals surface area contributed by atoms with E-state index in [-0.39, 0.29) is 16.8 Å². The van der Waals surface area contributed by atoms with Crippen molar-refractivity contribution in [2.45, 2.75) is 32.4 Å². The fourth-order valence-corrected chi connectivity index (χ4v) is 5.19. The molecular formula is C26H26N6O2. The lowest BCUT2D eigenvalue weighted by molar-refractivity contribution is -0.384. The molecule has 1 atom stereocenters. The van der Waals surface area contributed by atoms with E-state index in [0.29, 0.717) is 17.6 Å². The zero-order valence-corrected chi connectivity index (χ0v) is 19.5. The first-order valence-electron chi connectivity index (χ1n) is 11.4. The van der Waals surface area contributed by atoms with E-state index in [1.807, 2.05) is 37.3 Å². The van der Waals surface area contributed by atoms with Crippen molar-refractivity contribution in [3.05, 3.63) is 80.9 Å². The Morgan fingerprint density at radius 3 is 2.76 bits per heavy atom. The van der Waals surface area contributed by atoms with Gasteiger partial charge in [-0.15, -0.1) is 0 Å². The van der Waals surface area contributed by atoms with Crippen molar-refractivity contribution < 1.29 is 4.92 Å². The highest BCUT2D eigenvalue weighted by Crippen LogP contribution is 2.38. The third kappa shape index (κ3) is 3.45. The zero-order valence-electron chi connectivity index (χ0n) is 19.5. The molecule has 1 aliphatic rings. The predicted octanol–water partition coefficient (Wildman–Crippen LogP) is 4.65. The average Bonchev–Trinajstić information content (AvgIpc) is 3.45. The maximum absolute atomic E-state index is 11.4. The lowest BCUT2D eigenvalue weighted by atomic mass is 9.97. The molecule has 0 spiro atoms. The molecular weight excluding hydrogens is 428 g/mol. The number of nitriles is 1. The second-order valence-electron chi connectivity index (χ2n) is 9.06. The smallest absolute Gasteiger partial charge is 0.269 e. The summed E-state index contributed by atoms with van der Waals surface area (Å²) in [6.45, 7) is 2.85. The number of nitrogens with zero attached hydrogens (tertiary/aromatic N) is 6. The van der Waals surface area contributed by atoms with Crippen molar-refractivity contribution >= 4 is 28.2 Å². The van der Waals surface area contributed by atoms with Crippen LogP contribution in [0.1, 0.15) is 35.1 Å². The Balaban J connectivity index is 1.84. The second kappa shape index (κ2) is 8.43. The Morgan fingerprint density at radius 2 is 2.03 bits per heavy atom. The number of pyridine rings is 1. The van der Waals surface area contributed by atoms with Crippen LogP contribution in [0.2, 0.25) is 0 Å². The summed E-state index contributed by atoms with van der Waals surface area (Å²) in [5.74, 6) is 1.02. The van der Waals surface area contributed by atoms with Crippen LogP contribution in [0.5, 0.6) is 0 Å². The molecule has 34 heavy (non-hydrogen) atoms. The lowest BCUT2D eigenvalue weighted by Gasteiger charge is -2.34. The van der Waals surface area contributed by atoms with Gasteiger partial charge in [0, 0.05) is 30.7 Å². The number of non-ortho nitro benzene ring substituents is 1. The fraction of sp³-hybridized carbons (Fsp3) is 0.308. The topological polar surface area (TPSA) is 90.7 Å². The molecule has 0 saturated carbocycles. The van der Waals surface area contributed by atoms with E-state index in [9.17, 15) is 15.4 Å². The number of hydrogen-bond acceptors (Lipinski definition) is 6. The Kier molecular flexibility index (Phi) is 5.42. The van der Waals surface area contributed by atoms with E-state index < -0.39 is 0 Å². The van der Waals surface area contributed by atoms with Crippen molar-refractivity contribution in [1.82, 2.24) is 14.3 Å². The summed E-state index contributed by atoms with van der Waals surface area (Å²) >= 11 is 0. The molecule has 2 aromatic heterocycles. The van der Waals surface area contributed by atoms with Gasteiger partial charge < -0.3 is 4.90 Å². The van der Waals surface area contributed by atoms with Crippen LogP contribution < -0.4 is 4.90 Å². The molecule has 1 aliphatic heterocycles. The van der Waals surface area contributed by atoms with Crippen LogP contribution in [0.15, 0.2) is 48.5 Å². The van der Waals surface area contributed by atoms with Crippen LogP contribution in [0.4, 0.5) is 11.5 Å². The first-order valence-corrected chi connectivity index (χ1v) is 11.4.